The molecule has 0 radical (unpaired) electrons. The van der Waals surface area contributed by atoms with Gasteiger partial charge in [-0.25, -0.2) is 0 Å². The molecule has 2 heterocycles. The number of aryl methyl sites for hydroxylation is 2. The summed E-state index contributed by atoms with van der Waals surface area (Å²) in [5.74, 6) is 0.365. The van der Waals surface area contributed by atoms with Gasteiger partial charge in [0, 0.05) is 31.0 Å². The SMILES string of the molecule is CCc1cccc(C)c1N1CC(C(=O)NCCSc2cn[nH]n2)CC1=O. The molecule has 1 saturated heterocycles. The first-order valence-electron chi connectivity index (χ1n) is 8.75. The highest BCUT2D eigenvalue weighted by molar-refractivity contribution is 7.99. The average molecular weight is 373 g/mol. The Morgan fingerprint density at radius 2 is 2.31 bits per heavy atom. The highest BCUT2D eigenvalue weighted by atomic mass is 32.2. The molecule has 7 nitrogen and oxygen atoms in total. The molecule has 2 amide bonds. The lowest BCUT2D eigenvalue weighted by molar-refractivity contribution is -0.126. The van der Waals surface area contributed by atoms with E-state index in [2.05, 4.69) is 27.7 Å². The maximum absolute atomic E-state index is 12.5. The zero-order valence-electron chi connectivity index (χ0n) is 15.0. The highest BCUT2D eigenvalue weighted by Gasteiger charge is 2.36. The quantitative estimate of drug-likeness (QED) is 0.572. The second-order valence-electron chi connectivity index (χ2n) is 6.29. The van der Waals surface area contributed by atoms with Gasteiger partial charge in [0.25, 0.3) is 0 Å². The van der Waals surface area contributed by atoms with Crippen molar-refractivity contribution in [1.82, 2.24) is 20.7 Å². The van der Waals surface area contributed by atoms with Crippen LogP contribution in [0.25, 0.3) is 0 Å². The third kappa shape index (κ3) is 4.07. The molecule has 3 rings (SSSR count). The number of para-hydroxylation sites is 1. The Morgan fingerprint density at radius 1 is 1.46 bits per heavy atom. The molecule has 1 atom stereocenters. The monoisotopic (exact) mass is 373 g/mol. The van der Waals surface area contributed by atoms with E-state index in [-0.39, 0.29) is 24.2 Å². The third-order valence-electron chi connectivity index (χ3n) is 4.51. The van der Waals surface area contributed by atoms with Crippen molar-refractivity contribution in [3.63, 3.8) is 0 Å². The zero-order chi connectivity index (χ0) is 18.5. The maximum atomic E-state index is 12.5. The Labute approximate surface area is 156 Å². The molecule has 0 aliphatic carbocycles. The molecule has 0 bridgehead atoms. The van der Waals surface area contributed by atoms with Crippen molar-refractivity contribution in [2.24, 2.45) is 5.92 Å². The van der Waals surface area contributed by atoms with E-state index in [0.717, 1.165) is 28.3 Å². The summed E-state index contributed by atoms with van der Waals surface area (Å²) in [7, 11) is 0. The summed E-state index contributed by atoms with van der Waals surface area (Å²) >= 11 is 1.52. The Kier molecular flexibility index (Phi) is 5.92. The first-order valence-corrected chi connectivity index (χ1v) is 9.73. The van der Waals surface area contributed by atoms with Gasteiger partial charge in [0.05, 0.1) is 12.1 Å². The fourth-order valence-electron chi connectivity index (χ4n) is 3.23. The summed E-state index contributed by atoms with van der Waals surface area (Å²) in [4.78, 5) is 26.7. The standard InChI is InChI=1S/C18H23N5O2S/c1-3-13-6-4-5-12(2)17(13)23-11-14(9-16(23)24)18(25)19-7-8-26-15-10-20-22-21-15/h4-6,10,14H,3,7-9,11H2,1-2H3,(H,19,25)(H,20,21,22). The number of hydrogen-bond acceptors (Lipinski definition) is 5. The molecular weight excluding hydrogens is 350 g/mol. The molecule has 1 aliphatic rings. The van der Waals surface area contributed by atoms with Crippen molar-refractivity contribution >= 4 is 29.3 Å². The summed E-state index contributed by atoms with van der Waals surface area (Å²) < 4.78 is 0. The number of amides is 2. The topological polar surface area (TPSA) is 91.0 Å². The van der Waals surface area contributed by atoms with E-state index < -0.39 is 0 Å². The van der Waals surface area contributed by atoms with E-state index in [0.29, 0.717) is 18.8 Å². The van der Waals surface area contributed by atoms with Crippen LogP contribution < -0.4 is 10.2 Å². The van der Waals surface area contributed by atoms with Gasteiger partial charge in [0.1, 0.15) is 5.03 Å². The van der Waals surface area contributed by atoms with Crippen LogP contribution in [0.3, 0.4) is 0 Å². The van der Waals surface area contributed by atoms with Gasteiger partial charge in [-0.05, 0) is 24.5 Å². The fourth-order valence-corrected chi connectivity index (χ4v) is 3.87. The van der Waals surface area contributed by atoms with Crippen LogP contribution in [0.5, 0.6) is 0 Å². The minimum atomic E-state index is -0.302. The van der Waals surface area contributed by atoms with Crippen molar-refractivity contribution < 1.29 is 9.59 Å². The second kappa shape index (κ2) is 8.35. The van der Waals surface area contributed by atoms with Crippen LogP contribution in [0, 0.1) is 12.8 Å². The van der Waals surface area contributed by atoms with E-state index in [1.807, 2.05) is 25.1 Å². The first kappa shape index (κ1) is 18.4. The van der Waals surface area contributed by atoms with Crippen LogP contribution >= 0.6 is 11.8 Å². The fraction of sp³-hybridized carbons (Fsp3) is 0.444. The number of thioether (sulfide) groups is 1. The van der Waals surface area contributed by atoms with Gasteiger partial charge in [-0.15, -0.1) is 16.9 Å². The van der Waals surface area contributed by atoms with E-state index in [1.165, 1.54) is 11.8 Å². The second-order valence-corrected chi connectivity index (χ2v) is 7.40. The normalized spacial score (nSPS) is 16.9. The number of rotatable bonds is 7. The number of carbonyl (C=O) groups excluding carboxylic acids is 2. The van der Waals surface area contributed by atoms with Gasteiger partial charge in [0.15, 0.2) is 0 Å². The molecule has 0 saturated carbocycles. The smallest absolute Gasteiger partial charge is 0.227 e. The number of anilines is 1. The molecular formula is C18H23N5O2S. The number of carbonyl (C=O) groups is 2. The van der Waals surface area contributed by atoms with Gasteiger partial charge in [-0.1, -0.05) is 25.1 Å². The molecule has 2 N–H and O–H groups in total. The van der Waals surface area contributed by atoms with Crippen LogP contribution in [0.15, 0.2) is 29.4 Å². The minimum Gasteiger partial charge on any atom is -0.355 e. The van der Waals surface area contributed by atoms with Crippen LogP contribution in [-0.2, 0) is 16.0 Å². The summed E-state index contributed by atoms with van der Waals surface area (Å²) in [5.41, 5.74) is 3.18. The molecule has 1 aromatic carbocycles. The van der Waals surface area contributed by atoms with Crippen LogP contribution in [0.4, 0.5) is 5.69 Å². The number of nitrogens with one attached hydrogen (secondary N) is 2. The van der Waals surface area contributed by atoms with E-state index in [4.69, 9.17) is 0 Å². The van der Waals surface area contributed by atoms with Crippen LogP contribution in [0.2, 0.25) is 0 Å². The Balaban J connectivity index is 1.56. The van der Waals surface area contributed by atoms with Gasteiger partial charge in [-0.2, -0.15) is 10.3 Å². The largest absolute Gasteiger partial charge is 0.355 e. The molecule has 1 fully saturated rings. The van der Waals surface area contributed by atoms with Gasteiger partial charge >= 0.3 is 0 Å². The van der Waals surface area contributed by atoms with Gasteiger partial charge < -0.3 is 10.2 Å². The van der Waals surface area contributed by atoms with Crippen LogP contribution in [-0.4, -0.2) is 46.1 Å². The minimum absolute atomic E-state index is 0.0196. The lowest BCUT2D eigenvalue weighted by Crippen LogP contribution is -2.34. The number of aromatic nitrogens is 3. The molecule has 1 aromatic heterocycles. The number of H-pyrrole nitrogens is 1. The summed E-state index contributed by atoms with van der Waals surface area (Å²) in [6.45, 7) is 5.07. The van der Waals surface area contributed by atoms with Gasteiger partial charge in [-0.3, -0.25) is 9.59 Å². The van der Waals surface area contributed by atoms with Crippen LogP contribution in [0.1, 0.15) is 24.5 Å². The number of nitrogens with zero attached hydrogens (tertiary/aromatic N) is 3. The van der Waals surface area contributed by atoms with Crippen molar-refractivity contribution in [1.29, 1.82) is 0 Å². The molecule has 1 aliphatic heterocycles. The predicted octanol–water partition coefficient (Wildman–Crippen LogP) is 1.94. The average Bonchev–Trinajstić information content (AvgIpc) is 3.28. The van der Waals surface area contributed by atoms with Crippen molar-refractivity contribution in [3.05, 3.63) is 35.5 Å². The maximum Gasteiger partial charge on any atom is 0.227 e. The summed E-state index contributed by atoms with van der Waals surface area (Å²) in [5, 5.41) is 14.0. The van der Waals surface area contributed by atoms with E-state index in [1.54, 1.807) is 11.1 Å². The van der Waals surface area contributed by atoms with E-state index >= 15 is 0 Å². The summed E-state index contributed by atoms with van der Waals surface area (Å²) in [6, 6.07) is 6.06. The first-order chi connectivity index (χ1) is 12.6. The summed E-state index contributed by atoms with van der Waals surface area (Å²) in [6.07, 6.45) is 2.77. The lowest BCUT2D eigenvalue weighted by Gasteiger charge is -2.22. The van der Waals surface area contributed by atoms with Crippen molar-refractivity contribution in [2.45, 2.75) is 31.7 Å². The Bertz CT molecular complexity index is 778. The van der Waals surface area contributed by atoms with E-state index in [9.17, 15) is 9.59 Å². The Morgan fingerprint density at radius 3 is 3.04 bits per heavy atom. The molecule has 8 heteroatoms. The van der Waals surface area contributed by atoms with Gasteiger partial charge in [0.2, 0.25) is 11.8 Å². The molecule has 1 unspecified atom stereocenters. The third-order valence-corrected chi connectivity index (χ3v) is 5.41. The number of benzene rings is 1. The number of hydrogen-bond donors (Lipinski definition) is 2. The molecule has 0 spiro atoms. The van der Waals surface area contributed by atoms with Crippen molar-refractivity contribution in [3.8, 4) is 0 Å². The molecule has 2 aromatic rings. The number of aromatic amines is 1. The lowest BCUT2D eigenvalue weighted by atomic mass is 10.0. The molecule has 138 valence electrons. The highest BCUT2D eigenvalue weighted by Crippen LogP contribution is 2.31. The van der Waals surface area contributed by atoms with Crippen molar-refractivity contribution in [2.75, 3.05) is 23.7 Å². The molecule has 26 heavy (non-hydrogen) atoms. The predicted molar refractivity (Wildman–Crippen MR) is 101 cm³/mol. The zero-order valence-corrected chi connectivity index (χ0v) is 15.8. The Hall–Kier alpha value is -2.35.